The molecule has 108 valence electrons. The maximum atomic E-state index is 5.69. The van der Waals surface area contributed by atoms with Gasteiger partial charge in [0.1, 0.15) is 0 Å². The quantitative estimate of drug-likeness (QED) is 0.828. The van der Waals surface area contributed by atoms with E-state index in [1.54, 1.807) is 11.3 Å². The van der Waals surface area contributed by atoms with Gasteiger partial charge < -0.3 is 14.6 Å². The topological polar surface area (TPSA) is 54.2 Å². The summed E-state index contributed by atoms with van der Waals surface area (Å²) < 4.78 is 5.69. The van der Waals surface area contributed by atoms with E-state index < -0.39 is 0 Å². The number of nitrogens with one attached hydrogen (secondary N) is 1. The Labute approximate surface area is 128 Å². The molecule has 2 rings (SSSR count). The highest BCUT2D eigenvalue weighted by Gasteiger charge is 2.14. The van der Waals surface area contributed by atoms with Crippen molar-refractivity contribution in [3.8, 4) is 10.8 Å². The molecular formula is C13H18N4OS2. The molecule has 7 heteroatoms. The number of hydrogen-bond acceptors (Lipinski definition) is 5. The van der Waals surface area contributed by atoms with Gasteiger partial charge in [0.15, 0.2) is 5.11 Å². The van der Waals surface area contributed by atoms with Crippen LogP contribution in [0.25, 0.3) is 10.8 Å². The van der Waals surface area contributed by atoms with Gasteiger partial charge in [-0.3, -0.25) is 0 Å². The normalized spacial score (nSPS) is 10.5. The first-order valence-electron chi connectivity index (χ1n) is 6.63. The molecule has 0 saturated carbocycles. The van der Waals surface area contributed by atoms with Crippen LogP contribution < -0.4 is 5.32 Å². The van der Waals surface area contributed by atoms with Gasteiger partial charge in [-0.25, -0.2) is 0 Å². The molecule has 5 nitrogen and oxygen atoms in total. The molecule has 0 fully saturated rings. The largest absolute Gasteiger partial charge is 0.418 e. The van der Waals surface area contributed by atoms with Gasteiger partial charge >= 0.3 is 0 Å². The van der Waals surface area contributed by atoms with E-state index in [9.17, 15) is 0 Å². The minimum atomic E-state index is 0.540. The molecule has 2 aromatic heterocycles. The highest BCUT2D eigenvalue weighted by Crippen LogP contribution is 2.23. The van der Waals surface area contributed by atoms with Crippen molar-refractivity contribution in [2.75, 3.05) is 13.1 Å². The second kappa shape index (κ2) is 7.35. The summed E-state index contributed by atoms with van der Waals surface area (Å²) in [4.78, 5) is 3.03. The first kappa shape index (κ1) is 14.9. The molecule has 0 amide bonds. The van der Waals surface area contributed by atoms with Gasteiger partial charge in [-0.2, -0.15) is 0 Å². The van der Waals surface area contributed by atoms with E-state index in [4.69, 9.17) is 16.6 Å². The van der Waals surface area contributed by atoms with Crippen LogP contribution in [0.5, 0.6) is 0 Å². The van der Waals surface area contributed by atoms with Gasteiger partial charge in [-0.15, -0.1) is 21.5 Å². The average Bonchev–Trinajstić information content (AvgIpc) is 3.09. The predicted octanol–water partition coefficient (Wildman–Crippen LogP) is 2.90. The zero-order valence-corrected chi connectivity index (χ0v) is 13.3. The van der Waals surface area contributed by atoms with E-state index in [0.717, 1.165) is 29.5 Å². The minimum absolute atomic E-state index is 0.540. The van der Waals surface area contributed by atoms with Crippen LogP contribution in [0, 0.1) is 0 Å². The van der Waals surface area contributed by atoms with Crippen molar-refractivity contribution in [2.24, 2.45) is 0 Å². The first-order chi connectivity index (χ1) is 9.74. The lowest BCUT2D eigenvalue weighted by Crippen LogP contribution is -2.39. The molecular weight excluding hydrogens is 292 g/mol. The molecule has 0 aliphatic carbocycles. The maximum Gasteiger partial charge on any atom is 0.257 e. The van der Waals surface area contributed by atoms with E-state index in [0.29, 0.717) is 18.3 Å². The molecule has 1 N–H and O–H groups in total. The second-order valence-electron chi connectivity index (χ2n) is 4.24. The summed E-state index contributed by atoms with van der Waals surface area (Å²) in [6.07, 6.45) is 1.01. The lowest BCUT2D eigenvalue weighted by molar-refractivity contribution is 0.351. The van der Waals surface area contributed by atoms with Crippen molar-refractivity contribution >= 4 is 28.7 Å². The standard InChI is InChI=1S/C13H18N4OS2/c1-3-7-17(13(19)14-4-2)9-11-15-16-12(18-11)10-6-5-8-20-10/h5-6,8H,3-4,7,9H2,1-2H3,(H,14,19). The molecule has 20 heavy (non-hydrogen) atoms. The average molecular weight is 310 g/mol. The Balaban J connectivity index is 2.05. The Morgan fingerprint density at radius 3 is 2.95 bits per heavy atom. The fraction of sp³-hybridized carbons (Fsp3) is 0.462. The fourth-order valence-corrected chi connectivity index (χ4v) is 2.71. The van der Waals surface area contributed by atoms with Crippen molar-refractivity contribution in [3.05, 3.63) is 23.4 Å². The Morgan fingerprint density at radius 2 is 2.30 bits per heavy atom. The van der Waals surface area contributed by atoms with Crippen molar-refractivity contribution in [1.82, 2.24) is 20.4 Å². The Kier molecular flexibility index (Phi) is 5.49. The van der Waals surface area contributed by atoms with Crippen molar-refractivity contribution in [1.29, 1.82) is 0 Å². The van der Waals surface area contributed by atoms with E-state index in [-0.39, 0.29) is 0 Å². The van der Waals surface area contributed by atoms with Gasteiger partial charge in [-0.05, 0) is 37.0 Å². The third kappa shape index (κ3) is 3.77. The molecule has 0 aliphatic rings. The number of rotatable bonds is 6. The van der Waals surface area contributed by atoms with Crippen LogP contribution in [-0.2, 0) is 6.54 Å². The molecule has 0 spiro atoms. The molecule has 0 unspecified atom stereocenters. The van der Waals surface area contributed by atoms with Gasteiger partial charge in [0.25, 0.3) is 5.89 Å². The van der Waals surface area contributed by atoms with E-state index in [2.05, 4.69) is 22.4 Å². The third-order valence-electron chi connectivity index (χ3n) is 2.63. The highest BCUT2D eigenvalue weighted by molar-refractivity contribution is 7.80. The minimum Gasteiger partial charge on any atom is -0.418 e. The number of nitrogens with zero attached hydrogens (tertiary/aromatic N) is 3. The van der Waals surface area contributed by atoms with Crippen LogP contribution >= 0.6 is 23.6 Å². The lowest BCUT2D eigenvalue weighted by Gasteiger charge is -2.23. The van der Waals surface area contributed by atoms with Crippen LogP contribution in [0.2, 0.25) is 0 Å². The summed E-state index contributed by atoms with van der Waals surface area (Å²) in [7, 11) is 0. The molecule has 0 saturated heterocycles. The predicted molar refractivity (Wildman–Crippen MR) is 84.6 cm³/mol. The number of hydrogen-bond donors (Lipinski definition) is 1. The monoisotopic (exact) mass is 310 g/mol. The SMILES string of the molecule is CCCN(Cc1nnc(-c2cccs2)o1)C(=S)NCC. The van der Waals surface area contributed by atoms with Crippen LogP contribution in [0.1, 0.15) is 26.2 Å². The van der Waals surface area contributed by atoms with Crippen molar-refractivity contribution in [2.45, 2.75) is 26.8 Å². The zero-order valence-electron chi connectivity index (χ0n) is 11.6. The molecule has 0 aliphatic heterocycles. The van der Waals surface area contributed by atoms with Crippen molar-refractivity contribution < 1.29 is 4.42 Å². The molecule has 2 aromatic rings. The Hall–Kier alpha value is -1.47. The van der Waals surface area contributed by atoms with E-state index >= 15 is 0 Å². The summed E-state index contributed by atoms with van der Waals surface area (Å²) in [6.45, 7) is 6.36. The summed E-state index contributed by atoms with van der Waals surface area (Å²) >= 11 is 6.94. The van der Waals surface area contributed by atoms with Crippen LogP contribution in [0.15, 0.2) is 21.9 Å². The summed E-state index contributed by atoms with van der Waals surface area (Å²) in [6, 6.07) is 3.93. The molecule has 0 radical (unpaired) electrons. The lowest BCUT2D eigenvalue weighted by atomic mass is 10.4. The van der Waals surface area contributed by atoms with Crippen molar-refractivity contribution in [3.63, 3.8) is 0 Å². The Bertz CT molecular complexity index is 538. The smallest absolute Gasteiger partial charge is 0.257 e. The zero-order chi connectivity index (χ0) is 14.4. The van der Waals surface area contributed by atoms with Gasteiger partial charge in [0.05, 0.1) is 11.4 Å². The second-order valence-corrected chi connectivity index (χ2v) is 5.57. The van der Waals surface area contributed by atoms with E-state index in [1.807, 2.05) is 29.3 Å². The highest BCUT2D eigenvalue weighted by atomic mass is 32.1. The molecule has 0 bridgehead atoms. The number of thiophene rings is 1. The van der Waals surface area contributed by atoms with Crippen LogP contribution in [0.4, 0.5) is 0 Å². The summed E-state index contributed by atoms with van der Waals surface area (Å²) in [5, 5.41) is 14.0. The molecule has 2 heterocycles. The number of aromatic nitrogens is 2. The molecule has 0 aromatic carbocycles. The summed E-state index contributed by atoms with van der Waals surface area (Å²) in [5.41, 5.74) is 0. The first-order valence-corrected chi connectivity index (χ1v) is 7.92. The van der Waals surface area contributed by atoms with Gasteiger partial charge in [0, 0.05) is 13.1 Å². The summed E-state index contributed by atoms with van der Waals surface area (Å²) in [5.74, 6) is 1.16. The fourth-order valence-electron chi connectivity index (χ4n) is 1.77. The van der Waals surface area contributed by atoms with E-state index in [1.165, 1.54) is 0 Å². The van der Waals surface area contributed by atoms with Gasteiger partial charge in [-0.1, -0.05) is 13.0 Å². The van der Waals surface area contributed by atoms with Crippen LogP contribution in [0.3, 0.4) is 0 Å². The number of thiocarbonyl (C=S) groups is 1. The van der Waals surface area contributed by atoms with Crippen LogP contribution in [-0.4, -0.2) is 33.3 Å². The Morgan fingerprint density at radius 1 is 1.45 bits per heavy atom. The van der Waals surface area contributed by atoms with Gasteiger partial charge in [0.2, 0.25) is 5.89 Å². The third-order valence-corrected chi connectivity index (χ3v) is 3.89. The maximum absolute atomic E-state index is 5.69. The molecule has 0 atom stereocenters.